The molecule has 0 radical (unpaired) electrons. The molecule has 1 saturated heterocycles. The highest BCUT2D eigenvalue weighted by molar-refractivity contribution is 5.51. The predicted octanol–water partition coefficient (Wildman–Crippen LogP) is 1.20. The number of nitrogens with one attached hydrogen (secondary N) is 2. The summed E-state index contributed by atoms with van der Waals surface area (Å²) in [6, 6.07) is 4.72. The van der Waals surface area contributed by atoms with Gasteiger partial charge in [-0.15, -0.1) is 0 Å². The second kappa shape index (κ2) is 4.33. The van der Waals surface area contributed by atoms with Gasteiger partial charge in [0.2, 0.25) is 0 Å². The molecule has 3 heterocycles. The van der Waals surface area contributed by atoms with Crippen LogP contribution in [0.3, 0.4) is 0 Å². The monoisotopic (exact) mass is 231 g/mol. The summed E-state index contributed by atoms with van der Waals surface area (Å²) in [4.78, 5) is 4.22. The molecule has 1 atom stereocenters. The van der Waals surface area contributed by atoms with Crippen LogP contribution in [0.25, 0.3) is 5.65 Å². The minimum Gasteiger partial charge on any atom is -0.368 e. The van der Waals surface area contributed by atoms with Crippen LogP contribution in [-0.4, -0.2) is 33.7 Å². The maximum atomic E-state index is 4.23. The maximum Gasteiger partial charge on any atom is 0.157 e. The largest absolute Gasteiger partial charge is 0.368 e. The maximum absolute atomic E-state index is 4.23. The number of hydrogen-bond acceptors (Lipinski definition) is 4. The van der Waals surface area contributed by atoms with E-state index in [0.29, 0.717) is 6.04 Å². The minimum absolute atomic E-state index is 0.578. The molecule has 1 unspecified atom stereocenters. The molecule has 1 aliphatic rings. The van der Waals surface area contributed by atoms with Gasteiger partial charge >= 0.3 is 0 Å². The van der Waals surface area contributed by atoms with Gasteiger partial charge < -0.3 is 10.6 Å². The Morgan fingerprint density at radius 3 is 3.29 bits per heavy atom. The lowest BCUT2D eigenvalue weighted by atomic mass is 10.2. The molecule has 17 heavy (non-hydrogen) atoms. The van der Waals surface area contributed by atoms with E-state index in [2.05, 4.69) is 33.7 Å². The first kappa shape index (κ1) is 10.5. The highest BCUT2D eigenvalue weighted by atomic mass is 15.3. The smallest absolute Gasteiger partial charge is 0.157 e. The molecule has 2 N–H and O–H groups in total. The topological polar surface area (TPSA) is 54.2 Å². The summed E-state index contributed by atoms with van der Waals surface area (Å²) < 4.78 is 1.85. The summed E-state index contributed by atoms with van der Waals surface area (Å²) in [6.45, 7) is 4.16. The van der Waals surface area contributed by atoms with E-state index in [-0.39, 0.29) is 0 Å². The van der Waals surface area contributed by atoms with Crippen LogP contribution >= 0.6 is 0 Å². The summed E-state index contributed by atoms with van der Waals surface area (Å²) >= 11 is 0. The quantitative estimate of drug-likeness (QED) is 0.833. The zero-order valence-corrected chi connectivity index (χ0v) is 9.98. The van der Waals surface area contributed by atoms with E-state index in [4.69, 9.17) is 0 Å². The van der Waals surface area contributed by atoms with Gasteiger partial charge in [-0.05, 0) is 44.0 Å². The van der Waals surface area contributed by atoms with Crippen molar-refractivity contribution >= 4 is 11.5 Å². The molecule has 5 heteroatoms. The first-order valence-electron chi connectivity index (χ1n) is 6.10. The number of hydrogen-bond donors (Lipinski definition) is 2. The van der Waals surface area contributed by atoms with E-state index < -0.39 is 0 Å². The number of rotatable bonds is 3. The van der Waals surface area contributed by atoms with Gasteiger partial charge in [0, 0.05) is 12.6 Å². The van der Waals surface area contributed by atoms with Crippen LogP contribution in [0.5, 0.6) is 0 Å². The average molecular weight is 231 g/mol. The molecule has 0 aliphatic carbocycles. The van der Waals surface area contributed by atoms with E-state index in [1.54, 1.807) is 6.33 Å². The standard InChI is InChI=1S/C12H17N5/c1-9-5-11(14-7-10-3-2-4-13-10)17-12(6-9)15-8-16-17/h5-6,8,10,13-14H,2-4,7H2,1H3. The SMILES string of the molecule is Cc1cc(NCC2CCCN2)n2ncnc2c1. The molecule has 5 nitrogen and oxygen atoms in total. The van der Waals surface area contributed by atoms with Crippen LogP contribution in [0.1, 0.15) is 18.4 Å². The molecule has 0 amide bonds. The average Bonchev–Trinajstić information content (AvgIpc) is 2.95. The molecule has 3 rings (SSSR count). The predicted molar refractivity (Wildman–Crippen MR) is 67.2 cm³/mol. The van der Waals surface area contributed by atoms with Gasteiger partial charge in [0.05, 0.1) is 0 Å². The van der Waals surface area contributed by atoms with Gasteiger partial charge in [-0.1, -0.05) is 0 Å². The van der Waals surface area contributed by atoms with Crippen molar-refractivity contribution in [2.75, 3.05) is 18.4 Å². The van der Waals surface area contributed by atoms with E-state index in [9.17, 15) is 0 Å². The molecule has 1 aliphatic heterocycles. The van der Waals surface area contributed by atoms with Crippen LogP contribution < -0.4 is 10.6 Å². The Labute approximate surface area is 100 Å². The summed E-state index contributed by atoms with van der Waals surface area (Å²) in [7, 11) is 0. The number of nitrogens with zero attached hydrogens (tertiary/aromatic N) is 3. The minimum atomic E-state index is 0.578. The third-order valence-corrected chi connectivity index (χ3v) is 3.22. The molecule has 0 spiro atoms. The van der Waals surface area contributed by atoms with Crippen molar-refractivity contribution in [2.24, 2.45) is 0 Å². The third-order valence-electron chi connectivity index (χ3n) is 3.22. The Hall–Kier alpha value is -1.62. The van der Waals surface area contributed by atoms with Crippen LogP contribution in [-0.2, 0) is 0 Å². The van der Waals surface area contributed by atoms with Gasteiger partial charge in [-0.3, -0.25) is 0 Å². The second-order valence-corrected chi connectivity index (χ2v) is 4.62. The van der Waals surface area contributed by atoms with Gasteiger partial charge in [0.1, 0.15) is 12.1 Å². The molecule has 2 aromatic rings. The molecule has 0 aromatic carbocycles. The Morgan fingerprint density at radius 2 is 2.47 bits per heavy atom. The lowest BCUT2D eigenvalue weighted by molar-refractivity contribution is 0.631. The van der Waals surface area contributed by atoms with Crippen LogP contribution in [0, 0.1) is 6.92 Å². The Balaban J connectivity index is 1.81. The Morgan fingerprint density at radius 1 is 1.53 bits per heavy atom. The zero-order valence-electron chi connectivity index (χ0n) is 9.98. The Kier molecular flexibility index (Phi) is 2.68. The summed E-state index contributed by atoms with van der Waals surface area (Å²) in [5.74, 6) is 1.02. The highest BCUT2D eigenvalue weighted by Gasteiger charge is 2.14. The zero-order chi connectivity index (χ0) is 11.7. The van der Waals surface area contributed by atoms with Crippen LogP contribution in [0.2, 0.25) is 0 Å². The fourth-order valence-corrected chi connectivity index (χ4v) is 2.34. The van der Waals surface area contributed by atoms with Gasteiger partial charge in [-0.2, -0.15) is 9.61 Å². The molecule has 2 aromatic heterocycles. The van der Waals surface area contributed by atoms with E-state index in [1.807, 2.05) is 10.6 Å². The molecular formula is C12H17N5. The van der Waals surface area contributed by atoms with Crippen molar-refractivity contribution in [3.63, 3.8) is 0 Å². The van der Waals surface area contributed by atoms with Crippen molar-refractivity contribution in [3.8, 4) is 0 Å². The normalized spacial score (nSPS) is 19.9. The summed E-state index contributed by atoms with van der Waals surface area (Å²) in [5.41, 5.74) is 2.10. The fraction of sp³-hybridized carbons (Fsp3) is 0.500. The van der Waals surface area contributed by atoms with Gasteiger partial charge in [0.15, 0.2) is 5.65 Å². The molecule has 0 bridgehead atoms. The summed E-state index contributed by atoms with van der Waals surface area (Å²) in [6.07, 6.45) is 4.12. The molecular weight excluding hydrogens is 214 g/mol. The number of fused-ring (bicyclic) bond motifs is 1. The third kappa shape index (κ3) is 2.10. The van der Waals surface area contributed by atoms with Crippen molar-refractivity contribution in [3.05, 3.63) is 24.0 Å². The molecule has 90 valence electrons. The van der Waals surface area contributed by atoms with Crippen molar-refractivity contribution in [1.29, 1.82) is 0 Å². The van der Waals surface area contributed by atoms with E-state index >= 15 is 0 Å². The molecule has 0 saturated carbocycles. The lowest BCUT2D eigenvalue weighted by Gasteiger charge is -2.13. The number of aryl methyl sites for hydroxylation is 1. The second-order valence-electron chi connectivity index (χ2n) is 4.62. The number of pyridine rings is 1. The number of aromatic nitrogens is 3. The van der Waals surface area contributed by atoms with Crippen LogP contribution in [0.4, 0.5) is 5.82 Å². The number of anilines is 1. The highest BCUT2D eigenvalue weighted by Crippen LogP contribution is 2.14. The lowest BCUT2D eigenvalue weighted by Crippen LogP contribution is -2.29. The summed E-state index contributed by atoms with van der Waals surface area (Å²) in [5, 5.41) is 11.2. The van der Waals surface area contributed by atoms with Crippen LogP contribution in [0.15, 0.2) is 18.5 Å². The first-order chi connectivity index (χ1) is 8.33. The van der Waals surface area contributed by atoms with Gasteiger partial charge in [0.25, 0.3) is 0 Å². The fourth-order valence-electron chi connectivity index (χ4n) is 2.34. The first-order valence-corrected chi connectivity index (χ1v) is 6.10. The van der Waals surface area contributed by atoms with Crippen molar-refractivity contribution in [1.82, 2.24) is 19.9 Å². The molecule has 1 fully saturated rings. The van der Waals surface area contributed by atoms with E-state index in [1.165, 1.54) is 18.4 Å². The van der Waals surface area contributed by atoms with Gasteiger partial charge in [-0.25, -0.2) is 4.98 Å². The van der Waals surface area contributed by atoms with E-state index in [0.717, 1.165) is 24.6 Å². The Bertz CT molecular complexity index is 513. The van der Waals surface area contributed by atoms with Crippen molar-refractivity contribution < 1.29 is 0 Å². The van der Waals surface area contributed by atoms with Crippen molar-refractivity contribution in [2.45, 2.75) is 25.8 Å².